The Morgan fingerprint density at radius 2 is 1.95 bits per heavy atom. The van der Waals surface area contributed by atoms with Crippen LogP contribution in [0.2, 0.25) is 0 Å². The van der Waals surface area contributed by atoms with Gasteiger partial charge in [-0.25, -0.2) is 4.98 Å². The predicted octanol–water partition coefficient (Wildman–Crippen LogP) is 3.85. The fraction of sp³-hybridized carbons (Fsp3) is 0.400. The Balaban J connectivity index is 2.54. The summed E-state index contributed by atoms with van der Waals surface area (Å²) in [5.41, 5.74) is 2.51. The first-order valence-electron chi connectivity index (χ1n) is 6.56. The van der Waals surface area contributed by atoms with E-state index in [1.165, 1.54) is 0 Å². The summed E-state index contributed by atoms with van der Waals surface area (Å²) in [4.78, 5) is 6.72. The van der Waals surface area contributed by atoms with Crippen LogP contribution in [0.5, 0.6) is 5.75 Å². The highest BCUT2D eigenvalue weighted by atomic mass is 79.9. The second kappa shape index (κ2) is 5.88. The molecule has 0 unspecified atom stereocenters. The molecule has 0 fully saturated rings. The van der Waals surface area contributed by atoms with Crippen LogP contribution in [0.15, 0.2) is 22.7 Å². The molecule has 0 amide bonds. The summed E-state index contributed by atoms with van der Waals surface area (Å²) in [6.07, 6.45) is 0. The molecule has 1 N–H and O–H groups in total. The molecule has 3 nitrogen and oxygen atoms in total. The van der Waals surface area contributed by atoms with Gasteiger partial charge in [0.05, 0.1) is 0 Å². The van der Waals surface area contributed by atoms with Gasteiger partial charge in [-0.2, -0.15) is 0 Å². The van der Waals surface area contributed by atoms with Gasteiger partial charge in [0.15, 0.2) is 0 Å². The van der Waals surface area contributed by atoms with E-state index in [0.29, 0.717) is 11.3 Å². The quantitative estimate of drug-likeness (QED) is 0.928. The number of hydrogen-bond acceptors (Lipinski definition) is 3. The van der Waals surface area contributed by atoms with Gasteiger partial charge in [0.2, 0.25) is 0 Å². The number of pyridine rings is 1. The number of phenols is 1. The number of nitrogens with zero attached hydrogens (tertiary/aromatic N) is 2. The minimum absolute atomic E-state index is 0.300. The first kappa shape index (κ1) is 14.3. The van der Waals surface area contributed by atoms with Crippen molar-refractivity contribution in [3.63, 3.8) is 0 Å². The van der Waals surface area contributed by atoms with Crippen molar-refractivity contribution in [2.24, 2.45) is 0 Å². The molecule has 0 aliphatic carbocycles. The minimum atomic E-state index is 0.300. The molecule has 0 aliphatic heterocycles. The van der Waals surface area contributed by atoms with Crippen molar-refractivity contribution < 1.29 is 5.11 Å². The highest BCUT2D eigenvalue weighted by Crippen LogP contribution is 2.34. The van der Waals surface area contributed by atoms with Crippen molar-refractivity contribution in [2.75, 3.05) is 13.1 Å². The number of hydrogen-bond donors (Lipinski definition) is 1. The Bertz CT molecular complexity index is 594. The van der Waals surface area contributed by atoms with E-state index in [4.69, 9.17) is 0 Å². The van der Waals surface area contributed by atoms with Gasteiger partial charge in [0, 0.05) is 27.7 Å². The Labute approximate surface area is 122 Å². The average Bonchev–Trinajstić information content (AvgIpc) is 2.41. The lowest BCUT2D eigenvalue weighted by Crippen LogP contribution is -2.22. The maximum Gasteiger partial charge on any atom is 0.146 e. The van der Waals surface area contributed by atoms with E-state index in [1.807, 2.05) is 25.1 Å². The zero-order valence-corrected chi connectivity index (χ0v) is 13.2. The van der Waals surface area contributed by atoms with Crippen LogP contribution in [0.4, 0.5) is 0 Å². The number of halogens is 1. The summed E-state index contributed by atoms with van der Waals surface area (Å²) in [7, 11) is 0. The third-order valence-electron chi connectivity index (χ3n) is 3.41. The fourth-order valence-corrected chi connectivity index (χ4v) is 2.79. The molecule has 0 bridgehead atoms. The Kier molecular flexibility index (Phi) is 4.42. The fourth-order valence-electron chi connectivity index (χ4n) is 2.19. The van der Waals surface area contributed by atoms with E-state index in [-0.39, 0.29) is 0 Å². The van der Waals surface area contributed by atoms with E-state index >= 15 is 0 Å². The number of phenolic OH excluding ortho intramolecular Hbond substituents is 1. The number of fused-ring (bicyclic) bond motifs is 1. The molecule has 0 aliphatic rings. The topological polar surface area (TPSA) is 36.4 Å². The van der Waals surface area contributed by atoms with Gasteiger partial charge >= 0.3 is 0 Å². The molecule has 0 saturated heterocycles. The third kappa shape index (κ3) is 2.90. The van der Waals surface area contributed by atoms with Gasteiger partial charge in [-0.1, -0.05) is 29.8 Å². The molecule has 0 atom stereocenters. The smallest absolute Gasteiger partial charge is 0.146 e. The second-order valence-electron chi connectivity index (χ2n) is 4.68. The molecular weight excluding hydrogens is 304 g/mol. The van der Waals surface area contributed by atoms with E-state index in [9.17, 15) is 5.11 Å². The molecule has 102 valence electrons. The minimum Gasteiger partial charge on any atom is -0.505 e. The number of aryl methyl sites for hydroxylation is 1. The van der Waals surface area contributed by atoms with Crippen molar-refractivity contribution in [3.8, 4) is 5.75 Å². The number of aromatic nitrogens is 1. The lowest BCUT2D eigenvalue weighted by molar-refractivity contribution is 0.291. The highest BCUT2D eigenvalue weighted by Gasteiger charge is 2.13. The Morgan fingerprint density at radius 1 is 1.26 bits per heavy atom. The predicted molar refractivity (Wildman–Crippen MR) is 82.5 cm³/mol. The first-order valence-corrected chi connectivity index (χ1v) is 7.36. The first-order chi connectivity index (χ1) is 9.06. The summed E-state index contributed by atoms with van der Waals surface area (Å²) in [6, 6.07) is 5.94. The summed E-state index contributed by atoms with van der Waals surface area (Å²) in [5, 5.41) is 11.4. The van der Waals surface area contributed by atoms with Gasteiger partial charge < -0.3 is 5.11 Å². The van der Waals surface area contributed by atoms with Gasteiger partial charge in [-0.15, -0.1) is 0 Å². The molecule has 0 saturated carbocycles. The molecule has 1 aromatic heterocycles. The van der Waals surface area contributed by atoms with Crippen molar-refractivity contribution in [2.45, 2.75) is 27.3 Å². The molecule has 1 heterocycles. The summed E-state index contributed by atoms with van der Waals surface area (Å²) in [6.45, 7) is 8.85. The maximum atomic E-state index is 10.4. The number of rotatable bonds is 4. The zero-order valence-electron chi connectivity index (χ0n) is 11.6. The molecule has 0 spiro atoms. The molecule has 4 heteroatoms. The Morgan fingerprint density at radius 3 is 2.58 bits per heavy atom. The van der Waals surface area contributed by atoms with Crippen molar-refractivity contribution in [1.29, 1.82) is 0 Å². The zero-order chi connectivity index (χ0) is 14.0. The molecule has 1 aromatic carbocycles. The lowest BCUT2D eigenvalue weighted by atomic mass is 10.1. The standard InChI is InChI=1S/C15H19BrN2O/c1-4-18(5-2)9-11-8-13(16)12-7-6-10(3)17-14(12)15(11)19/h6-8,19H,4-5,9H2,1-3H3. The van der Waals surface area contributed by atoms with Crippen LogP contribution >= 0.6 is 15.9 Å². The van der Waals surface area contributed by atoms with Gasteiger partial charge in [0.25, 0.3) is 0 Å². The van der Waals surface area contributed by atoms with Crippen LogP contribution in [-0.4, -0.2) is 28.1 Å². The number of aromatic hydroxyl groups is 1. The van der Waals surface area contributed by atoms with Crippen molar-refractivity contribution >= 4 is 26.8 Å². The molecule has 2 rings (SSSR count). The van der Waals surface area contributed by atoms with Gasteiger partial charge in [0.1, 0.15) is 11.3 Å². The molecule has 0 radical (unpaired) electrons. The van der Waals surface area contributed by atoms with Crippen LogP contribution < -0.4 is 0 Å². The third-order valence-corrected chi connectivity index (χ3v) is 4.07. The van der Waals surface area contributed by atoms with E-state index in [1.54, 1.807) is 0 Å². The second-order valence-corrected chi connectivity index (χ2v) is 5.53. The van der Waals surface area contributed by atoms with Crippen LogP contribution in [0, 0.1) is 6.92 Å². The Hall–Kier alpha value is -1.13. The van der Waals surface area contributed by atoms with Crippen molar-refractivity contribution in [1.82, 2.24) is 9.88 Å². The van der Waals surface area contributed by atoms with E-state index < -0.39 is 0 Å². The van der Waals surface area contributed by atoms with Gasteiger partial charge in [-0.3, -0.25) is 4.90 Å². The van der Waals surface area contributed by atoms with Gasteiger partial charge in [-0.05, 0) is 38.2 Å². The molecule has 2 aromatic rings. The van der Waals surface area contributed by atoms with Crippen molar-refractivity contribution in [3.05, 3.63) is 33.9 Å². The highest BCUT2D eigenvalue weighted by molar-refractivity contribution is 9.10. The summed E-state index contributed by atoms with van der Waals surface area (Å²) >= 11 is 3.57. The number of benzene rings is 1. The summed E-state index contributed by atoms with van der Waals surface area (Å²) < 4.78 is 0.981. The van der Waals surface area contributed by atoms with Crippen LogP contribution in [0.3, 0.4) is 0 Å². The molecule has 19 heavy (non-hydrogen) atoms. The van der Waals surface area contributed by atoms with Crippen LogP contribution in [0.1, 0.15) is 25.1 Å². The van der Waals surface area contributed by atoms with E-state index in [2.05, 4.69) is 39.7 Å². The van der Waals surface area contributed by atoms with Crippen LogP contribution in [-0.2, 0) is 6.54 Å². The SMILES string of the molecule is CCN(CC)Cc1cc(Br)c2ccc(C)nc2c1O. The lowest BCUT2D eigenvalue weighted by Gasteiger charge is -2.19. The maximum absolute atomic E-state index is 10.4. The molecular formula is C15H19BrN2O. The average molecular weight is 323 g/mol. The van der Waals surface area contributed by atoms with E-state index in [0.717, 1.165) is 40.8 Å². The normalized spacial score (nSPS) is 11.4. The monoisotopic (exact) mass is 322 g/mol. The largest absolute Gasteiger partial charge is 0.505 e. The van der Waals surface area contributed by atoms with Crippen LogP contribution in [0.25, 0.3) is 10.9 Å². The summed E-state index contributed by atoms with van der Waals surface area (Å²) in [5.74, 6) is 0.300.